The molecular weight excluding hydrogens is 550 g/mol. The fourth-order valence-corrected chi connectivity index (χ4v) is 4.38. The van der Waals surface area contributed by atoms with Crippen LogP contribution in [-0.2, 0) is 16.0 Å². The second-order valence-electron chi connectivity index (χ2n) is 9.45. The second kappa shape index (κ2) is 13.9. The lowest BCUT2D eigenvalue weighted by molar-refractivity contribution is -0.130. The van der Waals surface area contributed by atoms with E-state index in [1.807, 2.05) is 85.1 Å². The molecule has 0 saturated carbocycles. The molecule has 0 fully saturated rings. The summed E-state index contributed by atoms with van der Waals surface area (Å²) in [6.07, 6.45) is 10.8. The number of hydrogen-bond acceptors (Lipinski definition) is 5. The number of fused-ring (bicyclic) bond motifs is 1. The highest BCUT2D eigenvalue weighted by atomic mass is 35.5. The molecule has 0 aliphatic rings. The Bertz CT molecular complexity index is 1700. The van der Waals surface area contributed by atoms with Gasteiger partial charge < -0.3 is 15.0 Å². The molecule has 8 nitrogen and oxygen atoms in total. The first-order chi connectivity index (χ1) is 20.5. The number of amides is 2. The maximum Gasteiger partial charge on any atom is 0.262 e. The summed E-state index contributed by atoms with van der Waals surface area (Å²) >= 11 is 5.94. The van der Waals surface area contributed by atoms with E-state index in [-0.39, 0.29) is 13.0 Å². The summed E-state index contributed by atoms with van der Waals surface area (Å²) in [6, 6.07) is 25.4. The molecule has 2 heterocycles. The predicted molar refractivity (Wildman–Crippen MR) is 166 cm³/mol. The number of carbonyl (C=O) groups is 2. The average molecular weight is 578 g/mol. The van der Waals surface area contributed by atoms with Crippen molar-refractivity contribution in [3.63, 3.8) is 0 Å². The summed E-state index contributed by atoms with van der Waals surface area (Å²) in [5.41, 5.74) is 7.11. The lowest BCUT2D eigenvalue weighted by atomic mass is 10.0. The first kappa shape index (κ1) is 28.3. The SMILES string of the molecule is O=C(COc1ccc(/C=C/c2ccc(Cl)cc2)cc1)N[C@@H](Cc1c[nH]c2ccccc12)C(=O)N/N=C/c1cccnc1. The summed E-state index contributed by atoms with van der Waals surface area (Å²) in [4.78, 5) is 33.2. The molecule has 0 bridgehead atoms. The topological polar surface area (TPSA) is 108 Å². The Morgan fingerprint density at radius 1 is 0.929 bits per heavy atom. The van der Waals surface area contributed by atoms with E-state index in [1.54, 1.807) is 30.6 Å². The predicted octanol–water partition coefficient (Wildman–Crippen LogP) is 5.64. The maximum absolute atomic E-state index is 13.1. The third kappa shape index (κ3) is 7.93. The van der Waals surface area contributed by atoms with Crippen molar-refractivity contribution in [3.05, 3.63) is 131 Å². The fraction of sp³-hybridized carbons (Fsp3) is 0.0909. The lowest BCUT2D eigenvalue weighted by Crippen LogP contribution is -2.48. The summed E-state index contributed by atoms with van der Waals surface area (Å²) in [7, 11) is 0. The number of para-hydroxylation sites is 1. The van der Waals surface area contributed by atoms with Gasteiger partial charge in [-0.3, -0.25) is 14.6 Å². The molecule has 3 aromatic carbocycles. The molecule has 0 unspecified atom stereocenters. The van der Waals surface area contributed by atoms with Gasteiger partial charge in [0.05, 0.1) is 6.21 Å². The van der Waals surface area contributed by atoms with Gasteiger partial charge in [-0.2, -0.15) is 5.10 Å². The molecular formula is C33H28ClN5O3. The van der Waals surface area contributed by atoms with Crippen LogP contribution in [0.15, 0.2) is 109 Å². The number of rotatable bonds is 11. The van der Waals surface area contributed by atoms with Gasteiger partial charge in [-0.25, -0.2) is 5.43 Å². The Labute approximate surface area is 248 Å². The minimum atomic E-state index is -0.883. The molecule has 3 N–H and O–H groups in total. The van der Waals surface area contributed by atoms with Crippen LogP contribution in [0, 0.1) is 0 Å². The van der Waals surface area contributed by atoms with E-state index >= 15 is 0 Å². The number of hydrazone groups is 1. The number of hydrogen-bond donors (Lipinski definition) is 3. The van der Waals surface area contributed by atoms with Gasteiger partial charge in [-0.1, -0.05) is 72.3 Å². The summed E-state index contributed by atoms with van der Waals surface area (Å²) in [6.45, 7) is -0.253. The van der Waals surface area contributed by atoms with E-state index in [4.69, 9.17) is 16.3 Å². The zero-order valence-electron chi connectivity index (χ0n) is 22.5. The van der Waals surface area contributed by atoms with Crippen molar-refractivity contribution >= 4 is 52.7 Å². The standard InChI is InChI=1S/C33H28ClN5O3/c34-27-13-9-23(10-14-27)7-8-24-11-15-28(16-12-24)42-22-32(40)38-31(18-26-21-36-30-6-2-1-5-29(26)30)33(41)39-37-20-25-4-3-17-35-19-25/h1-17,19-21,31,36H,18,22H2,(H,38,40)(H,39,41)/b8-7+,37-20+/t31-/m0/s1. The number of aromatic amines is 1. The molecule has 0 spiro atoms. The second-order valence-corrected chi connectivity index (χ2v) is 9.88. The fourth-order valence-electron chi connectivity index (χ4n) is 4.26. The van der Waals surface area contributed by atoms with Gasteiger partial charge in [0.15, 0.2) is 6.61 Å². The molecule has 0 radical (unpaired) electrons. The lowest BCUT2D eigenvalue weighted by Gasteiger charge is -2.17. The largest absolute Gasteiger partial charge is 0.484 e. The quantitative estimate of drug-likeness (QED) is 0.107. The van der Waals surface area contributed by atoms with Crippen LogP contribution in [0.25, 0.3) is 23.1 Å². The molecule has 5 aromatic rings. The average Bonchev–Trinajstić information content (AvgIpc) is 3.43. The van der Waals surface area contributed by atoms with Crippen LogP contribution in [0.5, 0.6) is 5.75 Å². The van der Waals surface area contributed by atoms with Gasteiger partial charge in [-0.15, -0.1) is 0 Å². The van der Waals surface area contributed by atoms with Crippen LogP contribution in [0.2, 0.25) is 5.02 Å². The van der Waals surface area contributed by atoms with E-state index < -0.39 is 17.9 Å². The smallest absolute Gasteiger partial charge is 0.262 e. The Morgan fingerprint density at radius 2 is 1.67 bits per heavy atom. The highest BCUT2D eigenvalue weighted by molar-refractivity contribution is 6.30. The molecule has 2 aromatic heterocycles. The Kier molecular flexibility index (Phi) is 9.39. The van der Waals surface area contributed by atoms with Crippen molar-refractivity contribution in [1.82, 2.24) is 20.7 Å². The Hall–Kier alpha value is -5.21. The highest BCUT2D eigenvalue weighted by Crippen LogP contribution is 2.20. The molecule has 210 valence electrons. The van der Waals surface area contributed by atoms with E-state index in [1.165, 1.54) is 6.21 Å². The Balaban J connectivity index is 1.20. The van der Waals surface area contributed by atoms with E-state index in [0.717, 1.165) is 33.2 Å². The minimum Gasteiger partial charge on any atom is -0.484 e. The van der Waals surface area contributed by atoms with Gasteiger partial charge in [0, 0.05) is 46.5 Å². The molecule has 1 atom stereocenters. The molecule has 0 aliphatic heterocycles. The van der Waals surface area contributed by atoms with Crippen LogP contribution in [0.4, 0.5) is 0 Å². The van der Waals surface area contributed by atoms with Crippen molar-refractivity contribution in [2.45, 2.75) is 12.5 Å². The van der Waals surface area contributed by atoms with E-state index in [9.17, 15) is 9.59 Å². The first-order valence-electron chi connectivity index (χ1n) is 13.3. The monoisotopic (exact) mass is 577 g/mol. The van der Waals surface area contributed by atoms with Crippen molar-refractivity contribution in [1.29, 1.82) is 0 Å². The van der Waals surface area contributed by atoms with E-state index in [2.05, 4.69) is 25.8 Å². The van der Waals surface area contributed by atoms with Gasteiger partial charge in [0.25, 0.3) is 11.8 Å². The molecule has 42 heavy (non-hydrogen) atoms. The summed E-state index contributed by atoms with van der Waals surface area (Å²) < 4.78 is 5.70. The molecule has 0 saturated heterocycles. The van der Waals surface area contributed by atoms with Gasteiger partial charge in [-0.05, 0) is 53.1 Å². The van der Waals surface area contributed by atoms with Crippen molar-refractivity contribution in [2.75, 3.05) is 6.61 Å². The third-order valence-electron chi connectivity index (χ3n) is 6.41. The van der Waals surface area contributed by atoms with Crippen molar-refractivity contribution in [3.8, 4) is 5.75 Å². The van der Waals surface area contributed by atoms with E-state index in [0.29, 0.717) is 10.8 Å². The molecule has 0 aliphatic carbocycles. The number of nitrogens with one attached hydrogen (secondary N) is 3. The van der Waals surface area contributed by atoms with Gasteiger partial charge in [0.1, 0.15) is 11.8 Å². The number of benzene rings is 3. The molecule has 2 amide bonds. The minimum absolute atomic E-state index is 0.253. The summed E-state index contributed by atoms with van der Waals surface area (Å²) in [5, 5.41) is 8.50. The number of halogens is 1. The maximum atomic E-state index is 13.1. The number of H-pyrrole nitrogens is 1. The molecule has 9 heteroatoms. The zero-order chi connectivity index (χ0) is 29.1. The van der Waals surface area contributed by atoms with Gasteiger partial charge in [0.2, 0.25) is 0 Å². The van der Waals surface area contributed by atoms with Crippen LogP contribution in [0.3, 0.4) is 0 Å². The van der Waals surface area contributed by atoms with Gasteiger partial charge >= 0.3 is 0 Å². The van der Waals surface area contributed by atoms with Crippen LogP contribution in [0.1, 0.15) is 22.3 Å². The van der Waals surface area contributed by atoms with Crippen LogP contribution < -0.4 is 15.5 Å². The first-order valence-corrected chi connectivity index (χ1v) is 13.6. The van der Waals surface area contributed by atoms with Crippen molar-refractivity contribution in [2.24, 2.45) is 5.10 Å². The highest BCUT2D eigenvalue weighted by Gasteiger charge is 2.23. The van der Waals surface area contributed by atoms with Crippen LogP contribution >= 0.6 is 11.6 Å². The Morgan fingerprint density at radius 3 is 2.40 bits per heavy atom. The number of pyridine rings is 1. The number of aromatic nitrogens is 2. The number of ether oxygens (including phenoxy) is 1. The third-order valence-corrected chi connectivity index (χ3v) is 6.66. The normalized spacial score (nSPS) is 12.0. The van der Waals surface area contributed by atoms with Crippen LogP contribution in [-0.4, -0.2) is 40.6 Å². The summed E-state index contributed by atoms with van der Waals surface area (Å²) in [5.74, 6) is -0.351. The van der Waals surface area contributed by atoms with Crippen molar-refractivity contribution < 1.29 is 14.3 Å². The zero-order valence-corrected chi connectivity index (χ0v) is 23.3. The number of carbonyl (C=O) groups excluding carboxylic acids is 2. The number of nitrogens with zero attached hydrogens (tertiary/aromatic N) is 2. The molecule has 5 rings (SSSR count).